The zero-order chi connectivity index (χ0) is 13.8. The van der Waals surface area contributed by atoms with E-state index >= 15 is 0 Å². The molecule has 2 atom stereocenters. The third kappa shape index (κ3) is 3.20. The van der Waals surface area contributed by atoms with Crippen LogP contribution in [0.15, 0.2) is 0 Å². The van der Waals surface area contributed by atoms with Crippen LogP contribution in [-0.2, 0) is 17.8 Å². The molecule has 3 heterocycles. The largest absolute Gasteiger partial charge is 0.377 e. The summed E-state index contributed by atoms with van der Waals surface area (Å²) in [4.78, 5) is 7.21. The molecule has 2 aliphatic heterocycles. The highest BCUT2D eigenvalue weighted by atomic mass is 16.5. The zero-order valence-electron chi connectivity index (χ0n) is 12.5. The Morgan fingerprint density at radius 3 is 3.05 bits per heavy atom. The van der Waals surface area contributed by atoms with Crippen LogP contribution in [0.1, 0.15) is 50.2 Å². The second kappa shape index (κ2) is 6.68. The van der Waals surface area contributed by atoms with Crippen molar-refractivity contribution in [2.45, 2.75) is 57.6 Å². The van der Waals surface area contributed by atoms with E-state index in [1.165, 1.54) is 51.6 Å². The predicted molar refractivity (Wildman–Crippen MR) is 77.4 cm³/mol. The first kappa shape index (κ1) is 14.0. The molecule has 1 aromatic heterocycles. The molecule has 1 N–H and O–H groups in total. The molecule has 0 spiro atoms. The number of aromatic amines is 1. The first-order chi connectivity index (χ1) is 9.86. The number of nitrogens with one attached hydrogen (secondary N) is 1. The molecule has 5 heteroatoms. The SMILES string of the molecule is COCc1nc(CC[C@@H]2CCCN3CCCC[C@H]23)n[nH]1. The zero-order valence-corrected chi connectivity index (χ0v) is 12.5. The number of piperidine rings is 2. The van der Waals surface area contributed by atoms with Crippen molar-refractivity contribution >= 4 is 0 Å². The van der Waals surface area contributed by atoms with Gasteiger partial charge in [0.25, 0.3) is 0 Å². The Hall–Kier alpha value is -0.940. The van der Waals surface area contributed by atoms with Crippen LogP contribution in [0.25, 0.3) is 0 Å². The van der Waals surface area contributed by atoms with E-state index in [0.29, 0.717) is 6.61 Å². The van der Waals surface area contributed by atoms with Crippen LogP contribution < -0.4 is 0 Å². The van der Waals surface area contributed by atoms with Crippen LogP contribution in [0.2, 0.25) is 0 Å². The van der Waals surface area contributed by atoms with Gasteiger partial charge in [-0.2, -0.15) is 5.10 Å². The van der Waals surface area contributed by atoms with E-state index in [-0.39, 0.29) is 0 Å². The summed E-state index contributed by atoms with van der Waals surface area (Å²) in [6, 6.07) is 0.829. The van der Waals surface area contributed by atoms with Crippen molar-refractivity contribution in [2.75, 3.05) is 20.2 Å². The van der Waals surface area contributed by atoms with Crippen LogP contribution >= 0.6 is 0 Å². The summed E-state index contributed by atoms with van der Waals surface area (Å²) in [5, 5.41) is 7.25. The summed E-state index contributed by atoms with van der Waals surface area (Å²) in [7, 11) is 1.68. The molecule has 2 fully saturated rings. The molecule has 0 saturated carbocycles. The van der Waals surface area contributed by atoms with Crippen molar-refractivity contribution < 1.29 is 4.74 Å². The van der Waals surface area contributed by atoms with Gasteiger partial charge in [-0.1, -0.05) is 6.42 Å². The van der Waals surface area contributed by atoms with Crippen molar-refractivity contribution in [3.05, 3.63) is 11.6 Å². The number of nitrogens with zero attached hydrogens (tertiary/aromatic N) is 3. The lowest BCUT2D eigenvalue weighted by molar-refractivity contribution is 0.0557. The molecule has 0 aromatic carbocycles. The molecule has 112 valence electrons. The minimum atomic E-state index is 0.521. The molecule has 1 aromatic rings. The van der Waals surface area contributed by atoms with Gasteiger partial charge >= 0.3 is 0 Å². The van der Waals surface area contributed by atoms with Gasteiger partial charge in [0.05, 0.1) is 0 Å². The van der Waals surface area contributed by atoms with E-state index < -0.39 is 0 Å². The van der Waals surface area contributed by atoms with Gasteiger partial charge in [-0.25, -0.2) is 4.98 Å². The number of aromatic nitrogens is 3. The van der Waals surface area contributed by atoms with Gasteiger partial charge in [-0.3, -0.25) is 5.10 Å². The summed E-state index contributed by atoms with van der Waals surface area (Å²) in [6.07, 6.45) is 9.18. The average molecular weight is 278 g/mol. The Kier molecular flexibility index (Phi) is 4.68. The molecule has 20 heavy (non-hydrogen) atoms. The fourth-order valence-corrected chi connectivity index (χ4v) is 3.88. The molecule has 0 radical (unpaired) electrons. The lowest BCUT2D eigenvalue weighted by Crippen LogP contribution is -2.48. The molecule has 0 unspecified atom stereocenters. The summed E-state index contributed by atoms with van der Waals surface area (Å²) >= 11 is 0. The minimum Gasteiger partial charge on any atom is -0.377 e. The molecule has 3 rings (SSSR count). The van der Waals surface area contributed by atoms with E-state index in [2.05, 4.69) is 20.1 Å². The van der Waals surface area contributed by atoms with Crippen LogP contribution in [-0.4, -0.2) is 46.3 Å². The average Bonchev–Trinajstić information content (AvgIpc) is 2.93. The summed E-state index contributed by atoms with van der Waals surface area (Å²) in [6.45, 7) is 3.16. The third-order valence-electron chi connectivity index (χ3n) is 4.83. The fourth-order valence-electron chi connectivity index (χ4n) is 3.88. The van der Waals surface area contributed by atoms with Gasteiger partial charge in [-0.05, 0) is 51.1 Å². The quantitative estimate of drug-likeness (QED) is 0.896. The fraction of sp³-hybridized carbons (Fsp3) is 0.867. The highest BCUT2D eigenvalue weighted by Crippen LogP contribution is 2.33. The second-order valence-electron chi connectivity index (χ2n) is 6.17. The Bertz CT molecular complexity index is 418. The van der Waals surface area contributed by atoms with Crippen molar-refractivity contribution in [3.8, 4) is 0 Å². The van der Waals surface area contributed by atoms with E-state index in [4.69, 9.17) is 4.74 Å². The van der Waals surface area contributed by atoms with Crippen LogP contribution in [0, 0.1) is 5.92 Å². The molecular weight excluding hydrogens is 252 g/mol. The number of methoxy groups -OCH3 is 1. The normalized spacial score (nSPS) is 27.4. The Morgan fingerprint density at radius 2 is 2.15 bits per heavy atom. The number of hydrogen-bond acceptors (Lipinski definition) is 4. The molecule has 0 aliphatic carbocycles. The molecule has 2 aliphatic rings. The van der Waals surface area contributed by atoms with E-state index in [1.54, 1.807) is 7.11 Å². The van der Waals surface area contributed by atoms with Crippen molar-refractivity contribution in [1.82, 2.24) is 20.1 Å². The number of fused-ring (bicyclic) bond motifs is 1. The number of rotatable bonds is 5. The van der Waals surface area contributed by atoms with Crippen molar-refractivity contribution in [1.29, 1.82) is 0 Å². The predicted octanol–water partition coefficient (Wildman–Crippen LogP) is 2.15. The van der Waals surface area contributed by atoms with Crippen LogP contribution in [0.3, 0.4) is 0 Å². The molecule has 0 bridgehead atoms. The van der Waals surface area contributed by atoms with Gasteiger partial charge in [0.1, 0.15) is 6.61 Å². The van der Waals surface area contributed by atoms with E-state index in [9.17, 15) is 0 Å². The maximum Gasteiger partial charge on any atom is 0.150 e. The lowest BCUT2D eigenvalue weighted by Gasteiger charge is -2.44. The van der Waals surface area contributed by atoms with Crippen molar-refractivity contribution in [3.63, 3.8) is 0 Å². The Balaban J connectivity index is 1.53. The maximum absolute atomic E-state index is 5.07. The van der Waals surface area contributed by atoms with Gasteiger partial charge in [0, 0.05) is 19.6 Å². The molecule has 0 amide bonds. The van der Waals surface area contributed by atoms with Gasteiger partial charge in [0.15, 0.2) is 11.6 Å². The standard InChI is InChI=1S/C15H26N4O/c1-20-11-15-16-14(17-18-15)8-7-12-5-4-10-19-9-3-2-6-13(12)19/h12-13H,2-11H2,1H3,(H,16,17,18)/t12-,13+/m0/s1. The van der Waals surface area contributed by atoms with Crippen LogP contribution in [0.5, 0.6) is 0 Å². The third-order valence-corrected chi connectivity index (χ3v) is 4.83. The Labute approximate surface area is 121 Å². The topological polar surface area (TPSA) is 54.0 Å². The molecule has 2 saturated heterocycles. The number of ether oxygens (including phenoxy) is 1. The van der Waals surface area contributed by atoms with Gasteiger partial charge < -0.3 is 9.64 Å². The Morgan fingerprint density at radius 1 is 1.25 bits per heavy atom. The number of aryl methyl sites for hydroxylation is 1. The summed E-state index contributed by atoms with van der Waals surface area (Å²) in [5.74, 6) is 2.63. The summed E-state index contributed by atoms with van der Waals surface area (Å²) in [5.41, 5.74) is 0. The second-order valence-corrected chi connectivity index (χ2v) is 6.17. The molecular formula is C15H26N4O. The number of hydrogen-bond donors (Lipinski definition) is 1. The number of H-pyrrole nitrogens is 1. The van der Waals surface area contributed by atoms with Crippen molar-refractivity contribution in [2.24, 2.45) is 5.92 Å². The van der Waals surface area contributed by atoms with Crippen LogP contribution in [0.4, 0.5) is 0 Å². The van der Waals surface area contributed by atoms with Gasteiger partial charge in [-0.15, -0.1) is 0 Å². The first-order valence-corrected chi connectivity index (χ1v) is 8.00. The summed E-state index contributed by atoms with van der Waals surface area (Å²) < 4.78 is 5.07. The highest BCUT2D eigenvalue weighted by molar-refractivity contribution is 4.92. The smallest absolute Gasteiger partial charge is 0.150 e. The first-order valence-electron chi connectivity index (χ1n) is 8.00. The monoisotopic (exact) mass is 278 g/mol. The minimum absolute atomic E-state index is 0.521. The molecule has 5 nitrogen and oxygen atoms in total. The van der Waals surface area contributed by atoms with E-state index in [0.717, 1.165) is 30.0 Å². The lowest BCUT2D eigenvalue weighted by atomic mass is 9.81. The maximum atomic E-state index is 5.07. The van der Waals surface area contributed by atoms with Gasteiger partial charge in [0.2, 0.25) is 0 Å². The highest BCUT2D eigenvalue weighted by Gasteiger charge is 2.32. The van der Waals surface area contributed by atoms with E-state index in [1.807, 2.05) is 0 Å².